The van der Waals surface area contributed by atoms with E-state index >= 15 is 0 Å². The highest BCUT2D eigenvalue weighted by Crippen LogP contribution is 2.27. The second kappa shape index (κ2) is 5.29. The van der Waals surface area contributed by atoms with Crippen molar-refractivity contribution < 1.29 is 4.79 Å². The van der Waals surface area contributed by atoms with Gasteiger partial charge >= 0.3 is 6.03 Å². The number of nitrogen functional groups attached to an aromatic ring is 1. The Morgan fingerprint density at radius 2 is 2.11 bits per heavy atom. The van der Waals surface area contributed by atoms with E-state index in [1.807, 2.05) is 6.92 Å². The van der Waals surface area contributed by atoms with Gasteiger partial charge in [0, 0.05) is 11.6 Å². The van der Waals surface area contributed by atoms with Crippen molar-refractivity contribution in [1.29, 1.82) is 0 Å². The highest BCUT2D eigenvalue weighted by Gasteiger charge is 2.28. The number of amides is 2. The fourth-order valence-corrected chi connectivity index (χ4v) is 2.41. The first-order chi connectivity index (χ1) is 8.97. The van der Waals surface area contributed by atoms with Crippen LogP contribution in [0.25, 0.3) is 0 Å². The predicted octanol–water partition coefficient (Wildman–Crippen LogP) is 1.20. The van der Waals surface area contributed by atoms with Crippen molar-refractivity contribution in [1.82, 2.24) is 15.3 Å². The number of carbonyl (C=O) groups excluding carboxylic acids is 1. The van der Waals surface area contributed by atoms with Gasteiger partial charge in [-0.3, -0.25) is 15.1 Å². The smallest absolute Gasteiger partial charge is 0.321 e. The van der Waals surface area contributed by atoms with Gasteiger partial charge in [0.15, 0.2) is 0 Å². The molecule has 104 valence electrons. The topological polar surface area (TPSA) is 113 Å². The molecule has 0 bridgehead atoms. The van der Waals surface area contributed by atoms with Crippen LogP contribution < -0.4 is 21.9 Å². The number of nitrogens with one attached hydrogen (secondary N) is 3. The van der Waals surface area contributed by atoms with Gasteiger partial charge in [-0.05, 0) is 19.8 Å². The van der Waals surface area contributed by atoms with Crippen molar-refractivity contribution in [2.45, 2.75) is 44.6 Å². The van der Waals surface area contributed by atoms with Crippen molar-refractivity contribution >= 4 is 17.8 Å². The van der Waals surface area contributed by atoms with Crippen LogP contribution in [0.4, 0.5) is 16.6 Å². The largest absolute Gasteiger partial charge is 0.383 e. The van der Waals surface area contributed by atoms with E-state index in [9.17, 15) is 9.59 Å². The quantitative estimate of drug-likeness (QED) is 0.643. The number of urea groups is 1. The number of nitrogens with two attached hydrogens (primary N) is 1. The number of H-pyrrole nitrogens is 1. The molecule has 0 radical (unpaired) electrons. The number of carbonyl (C=O) groups is 1. The summed E-state index contributed by atoms with van der Waals surface area (Å²) in [6.45, 7) is 2.03. The van der Waals surface area contributed by atoms with Crippen molar-refractivity contribution in [2.75, 3.05) is 11.1 Å². The molecule has 1 aliphatic rings. The van der Waals surface area contributed by atoms with Crippen LogP contribution >= 0.6 is 0 Å². The SMILES string of the molecule is CC1(NC(=O)Nc2nc(N)cc(=O)[nH]2)CCCCC1. The minimum Gasteiger partial charge on any atom is -0.383 e. The summed E-state index contributed by atoms with van der Waals surface area (Å²) in [5.74, 6) is 0.129. The molecule has 0 atom stereocenters. The number of hydrogen-bond acceptors (Lipinski definition) is 4. The molecule has 2 amide bonds. The lowest BCUT2D eigenvalue weighted by Crippen LogP contribution is -2.49. The van der Waals surface area contributed by atoms with Gasteiger partial charge in [0.2, 0.25) is 5.95 Å². The zero-order chi connectivity index (χ0) is 13.9. The summed E-state index contributed by atoms with van der Waals surface area (Å²) in [6.07, 6.45) is 5.36. The molecule has 7 nitrogen and oxygen atoms in total. The van der Waals surface area contributed by atoms with Crippen molar-refractivity contribution in [3.63, 3.8) is 0 Å². The van der Waals surface area contributed by atoms with Crippen LogP contribution in [0, 0.1) is 0 Å². The summed E-state index contributed by atoms with van der Waals surface area (Å²) in [5.41, 5.74) is 4.85. The Morgan fingerprint density at radius 1 is 1.42 bits per heavy atom. The van der Waals surface area contributed by atoms with Crippen LogP contribution in [0.2, 0.25) is 0 Å². The van der Waals surface area contributed by atoms with E-state index in [4.69, 9.17) is 5.73 Å². The molecule has 1 aromatic rings. The van der Waals surface area contributed by atoms with Gasteiger partial charge < -0.3 is 11.1 Å². The molecular formula is C12H19N5O2. The van der Waals surface area contributed by atoms with E-state index in [0.29, 0.717) is 0 Å². The second-order valence-electron chi connectivity index (χ2n) is 5.22. The maximum Gasteiger partial charge on any atom is 0.321 e. The molecule has 5 N–H and O–H groups in total. The molecule has 7 heteroatoms. The average molecular weight is 265 g/mol. The molecule has 1 aromatic heterocycles. The Balaban J connectivity index is 1.99. The highest BCUT2D eigenvalue weighted by molar-refractivity contribution is 5.88. The first-order valence-corrected chi connectivity index (χ1v) is 6.43. The Hall–Kier alpha value is -2.05. The van der Waals surface area contributed by atoms with Gasteiger partial charge in [0.25, 0.3) is 5.56 Å². The normalized spacial score (nSPS) is 17.7. The van der Waals surface area contributed by atoms with Gasteiger partial charge in [-0.2, -0.15) is 4.98 Å². The summed E-state index contributed by atoms with van der Waals surface area (Å²) in [4.78, 5) is 29.3. The van der Waals surface area contributed by atoms with E-state index in [1.165, 1.54) is 6.42 Å². The first kappa shape index (κ1) is 13.4. The minimum atomic E-state index is -0.397. The first-order valence-electron chi connectivity index (χ1n) is 6.43. The molecular weight excluding hydrogens is 246 g/mol. The lowest BCUT2D eigenvalue weighted by molar-refractivity contribution is 0.221. The molecule has 1 aliphatic carbocycles. The van der Waals surface area contributed by atoms with E-state index in [0.717, 1.165) is 31.7 Å². The van der Waals surface area contributed by atoms with E-state index < -0.39 is 5.56 Å². The third-order valence-corrected chi connectivity index (χ3v) is 3.37. The summed E-state index contributed by atoms with van der Waals surface area (Å²) >= 11 is 0. The number of aromatic nitrogens is 2. The van der Waals surface area contributed by atoms with Gasteiger partial charge in [-0.25, -0.2) is 4.79 Å². The maximum absolute atomic E-state index is 11.9. The summed E-state index contributed by atoms with van der Waals surface area (Å²) < 4.78 is 0. The average Bonchev–Trinajstić information content (AvgIpc) is 2.27. The molecule has 0 spiro atoms. The van der Waals surface area contributed by atoms with E-state index in [2.05, 4.69) is 20.6 Å². The number of anilines is 2. The number of rotatable bonds is 2. The van der Waals surface area contributed by atoms with Crippen LogP contribution in [0.1, 0.15) is 39.0 Å². The molecule has 0 aromatic carbocycles. The fourth-order valence-electron chi connectivity index (χ4n) is 2.41. The van der Waals surface area contributed by atoms with E-state index in [-0.39, 0.29) is 23.3 Å². The van der Waals surface area contributed by atoms with Gasteiger partial charge in [-0.15, -0.1) is 0 Å². The Bertz CT molecular complexity index is 519. The summed E-state index contributed by atoms with van der Waals surface area (Å²) in [6, 6.07) is 0.782. The van der Waals surface area contributed by atoms with Crippen LogP contribution in [0.15, 0.2) is 10.9 Å². The van der Waals surface area contributed by atoms with Crippen LogP contribution in [0.5, 0.6) is 0 Å². The lowest BCUT2D eigenvalue weighted by Gasteiger charge is -2.34. The highest BCUT2D eigenvalue weighted by atomic mass is 16.2. The standard InChI is InChI=1S/C12H19N5O2/c1-12(5-3-2-4-6-12)17-11(19)16-10-14-8(13)7-9(18)15-10/h7H,2-6H2,1H3,(H5,13,14,15,16,17,18,19). The Morgan fingerprint density at radius 3 is 2.74 bits per heavy atom. The summed E-state index contributed by atoms with van der Waals surface area (Å²) in [5, 5.41) is 5.43. The van der Waals surface area contributed by atoms with Crippen LogP contribution in [-0.4, -0.2) is 21.5 Å². The number of nitrogens with zero attached hydrogens (tertiary/aromatic N) is 1. The van der Waals surface area contributed by atoms with Gasteiger partial charge in [-0.1, -0.05) is 19.3 Å². The minimum absolute atomic E-state index is 0.0573. The molecule has 19 heavy (non-hydrogen) atoms. The van der Waals surface area contributed by atoms with Crippen molar-refractivity contribution in [3.8, 4) is 0 Å². The molecule has 0 saturated heterocycles. The van der Waals surface area contributed by atoms with Gasteiger partial charge in [0.1, 0.15) is 5.82 Å². The zero-order valence-electron chi connectivity index (χ0n) is 11.0. The molecule has 0 unspecified atom stereocenters. The third kappa shape index (κ3) is 3.70. The van der Waals surface area contributed by atoms with Crippen molar-refractivity contribution in [2.24, 2.45) is 0 Å². The third-order valence-electron chi connectivity index (χ3n) is 3.37. The second-order valence-corrected chi connectivity index (χ2v) is 5.22. The fraction of sp³-hybridized carbons (Fsp3) is 0.583. The van der Waals surface area contributed by atoms with E-state index in [1.54, 1.807) is 0 Å². The lowest BCUT2D eigenvalue weighted by atomic mass is 9.83. The number of aromatic amines is 1. The predicted molar refractivity (Wildman–Crippen MR) is 72.9 cm³/mol. The molecule has 0 aliphatic heterocycles. The Kier molecular flexibility index (Phi) is 3.73. The molecule has 1 fully saturated rings. The molecule has 1 heterocycles. The van der Waals surface area contributed by atoms with Crippen LogP contribution in [-0.2, 0) is 0 Å². The molecule has 1 saturated carbocycles. The van der Waals surface area contributed by atoms with Crippen LogP contribution in [0.3, 0.4) is 0 Å². The maximum atomic E-state index is 11.9. The van der Waals surface area contributed by atoms with Gasteiger partial charge in [0.05, 0.1) is 0 Å². The zero-order valence-corrected chi connectivity index (χ0v) is 11.0. The summed E-state index contributed by atoms with van der Waals surface area (Å²) in [7, 11) is 0. The van der Waals surface area contributed by atoms with Crippen molar-refractivity contribution in [3.05, 3.63) is 16.4 Å². The monoisotopic (exact) mass is 265 g/mol. The Labute approximate surface area is 111 Å². The number of hydrogen-bond donors (Lipinski definition) is 4. The molecule has 2 rings (SSSR count).